The highest BCUT2D eigenvalue weighted by molar-refractivity contribution is 8.00. The fourth-order valence-electron chi connectivity index (χ4n) is 2.59. The molecule has 1 aromatic rings. The van der Waals surface area contributed by atoms with Crippen LogP contribution in [-0.4, -0.2) is 17.6 Å². The number of hydrogen-bond donors (Lipinski definition) is 2. The van der Waals surface area contributed by atoms with Crippen molar-refractivity contribution in [1.82, 2.24) is 0 Å². The molecule has 19 heavy (non-hydrogen) atoms. The third-order valence-electron chi connectivity index (χ3n) is 3.61. The van der Waals surface area contributed by atoms with Crippen LogP contribution < -0.4 is 10.6 Å². The van der Waals surface area contributed by atoms with Crippen molar-refractivity contribution in [1.29, 1.82) is 0 Å². The second-order valence-electron chi connectivity index (χ2n) is 5.02. The Labute approximate surface area is 116 Å². The van der Waals surface area contributed by atoms with E-state index >= 15 is 0 Å². The van der Waals surface area contributed by atoms with Gasteiger partial charge in [-0.05, 0) is 31.0 Å². The van der Waals surface area contributed by atoms with Crippen molar-refractivity contribution >= 4 is 35.0 Å². The zero-order valence-electron chi connectivity index (χ0n) is 10.6. The molecule has 1 aliphatic carbocycles. The van der Waals surface area contributed by atoms with Crippen molar-refractivity contribution in [2.75, 3.05) is 16.4 Å². The highest BCUT2D eigenvalue weighted by atomic mass is 32.2. The molecule has 0 radical (unpaired) electrons. The molecule has 3 rings (SSSR count). The Morgan fingerprint density at radius 2 is 2.11 bits per heavy atom. The maximum Gasteiger partial charge on any atom is 0.234 e. The Balaban J connectivity index is 1.73. The number of hydrogen-bond acceptors (Lipinski definition) is 3. The average Bonchev–Trinajstić information content (AvgIpc) is 2.92. The summed E-state index contributed by atoms with van der Waals surface area (Å²) in [4.78, 5) is 24.4. The number of rotatable bonds is 2. The lowest BCUT2D eigenvalue weighted by atomic mass is 10.1. The Hall–Kier alpha value is -1.49. The van der Waals surface area contributed by atoms with Crippen LogP contribution in [0.1, 0.15) is 25.7 Å². The number of fused-ring (bicyclic) bond motifs is 1. The molecule has 1 aliphatic heterocycles. The number of carbonyl (C=O) groups is 2. The molecule has 0 aromatic heterocycles. The van der Waals surface area contributed by atoms with Gasteiger partial charge in [0.1, 0.15) is 0 Å². The third kappa shape index (κ3) is 2.76. The van der Waals surface area contributed by atoms with Crippen LogP contribution in [0.5, 0.6) is 0 Å². The van der Waals surface area contributed by atoms with Gasteiger partial charge in [0.25, 0.3) is 0 Å². The molecule has 2 N–H and O–H groups in total. The zero-order valence-corrected chi connectivity index (χ0v) is 11.4. The molecule has 100 valence electrons. The van der Waals surface area contributed by atoms with Gasteiger partial charge in [-0.2, -0.15) is 0 Å². The van der Waals surface area contributed by atoms with Gasteiger partial charge in [0.15, 0.2) is 0 Å². The second kappa shape index (κ2) is 5.25. The van der Waals surface area contributed by atoms with Gasteiger partial charge in [-0.15, -0.1) is 11.8 Å². The Morgan fingerprint density at radius 1 is 1.32 bits per heavy atom. The molecule has 1 fully saturated rings. The lowest BCUT2D eigenvalue weighted by Crippen LogP contribution is -2.21. The van der Waals surface area contributed by atoms with Crippen LogP contribution in [0, 0.1) is 5.92 Å². The summed E-state index contributed by atoms with van der Waals surface area (Å²) >= 11 is 1.52. The average molecular weight is 276 g/mol. The van der Waals surface area contributed by atoms with Crippen molar-refractivity contribution in [2.24, 2.45) is 5.92 Å². The minimum Gasteiger partial charge on any atom is -0.326 e. The van der Waals surface area contributed by atoms with Crippen LogP contribution in [0.3, 0.4) is 0 Å². The fraction of sp³-hybridized carbons (Fsp3) is 0.429. The predicted octanol–water partition coefficient (Wildman–Crippen LogP) is 2.86. The van der Waals surface area contributed by atoms with E-state index in [0.717, 1.165) is 42.0 Å². The van der Waals surface area contributed by atoms with Gasteiger partial charge in [0, 0.05) is 16.5 Å². The molecule has 5 heteroatoms. The summed E-state index contributed by atoms with van der Waals surface area (Å²) in [5.74, 6) is 0.727. The summed E-state index contributed by atoms with van der Waals surface area (Å²) < 4.78 is 0. The minimum absolute atomic E-state index is 0.0109. The summed E-state index contributed by atoms with van der Waals surface area (Å²) in [7, 11) is 0. The van der Waals surface area contributed by atoms with Crippen molar-refractivity contribution in [3.63, 3.8) is 0 Å². The van der Waals surface area contributed by atoms with Gasteiger partial charge in [0.2, 0.25) is 11.8 Å². The van der Waals surface area contributed by atoms with Gasteiger partial charge in [-0.25, -0.2) is 0 Å². The first kappa shape index (κ1) is 12.5. The first-order valence-electron chi connectivity index (χ1n) is 6.60. The predicted molar refractivity (Wildman–Crippen MR) is 76.4 cm³/mol. The largest absolute Gasteiger partial charge is 0.326 e. The number of thioether (sulfide) groups is 1. The van der Waals surface area contributed by atoms with E-state index in [2.05, 4.69) is 10.6 Å². The van der Waals surface area contributed by atoms with Crippen molar-refractivity contribution in [3.8, 4) is 0 Å². The molecule has 4 nitrogen and oxygen atoms in total. The number of amides is 2. The number of nitrogens with one attached hydrogen (secondary N) is 2. The standard InChI is InChI=1S/C14H16N2O2S/c17-13-8-19-12-6-5-10(7-11(12)16-13)15-14(18)9-3-1-2-4-9/h5-7,9H,1-4,8H2,(H,15,18)(H,16,17). The van der Waals surface area contributed by atoms with Crippen molar-refractivity contribution in [2.45, 2.75) is 30.6 Å². The molecule has 0 saturated heterocycles. The Kier molecular flexibility index (Phi) is 3.46. The molecule has 1 heterocycles. The lowest BCUT2D eigenvalue weighted by molar-refractivity contribution is -0.119. The molecule has 0 bridgehead atoms. The summed E-state index contributed by atoms with van der Waals surface area (Å²) in [6.45, 7) is 0. The topological polar surface area (TPSA) is 58.2 Å². The normalized spacial score (nSPS) is 18.8. The van der Waals surface area contributed by atoms with Crippen molar-refractivity contribution < 1.29 is 9.59 Å². The maximum atomic E-state index is 12.0. The number of carbonyl (C=O) groups excluding carboxylic acids is 2. The lowest BCUT2D eigenvalue weighted by Gasteiger charge is -2.18. The fourth-order valence-corrected chi connectivity index (χ4v) is 3.38. The van der Waals surface area contributed by atoms with Gasteiger partial charge in [-0.1, -0.05) is 12.8 Å². The van der Waals surface area contributed by atoms with Crippen LogP contribution in [0.4, 0.5) is 11.4 Å². The van der Waals surface area contributed by atoms with Gasteiger partial charge < -0.3 is 10.6 Å². The molecule has 2 aliphatic rings. The summed E-state index contributed by atoms with van der Waals surface area (Å²) in [6, 6.07) is 5.69. The number of anilines is 2. The zero-order chi connectivity index (χ0) is 13.2. The third-order valence-corrected chi connectivity index (χ3v) is 4.68. The van der Waals surface area contributed by atoms with Gasteiger partial charge >= 0.3 is 0 Å². The van der Waals surface area contributed by atoms with Crippen LogP contribution in [0.25, 0.3) is 0 Å². The van der Waals surface area contributed by atoms with Crippen LogP contribution in [0.2, 0.25) is 0 Å². The summed E-state index contributed by atoms with van der Waals surface area (Å²) in [5, 5.41) is 5.78. The molecule has 2 amide bonds. The van der Waals surface area contributed by atoms with E-state index in [9.17, 15) is 9.59 Å². The van der Waals surface area contributed by atoms with E-state index in [4.69, 9.17) is 0 Å². The van der Waals surface area contributed by atoms with E-state index in [1.54, 1.807) is 0 Å². The molecule has 1 saturated carbocycles. The van der Waals surface area contributed by atoms with Gasteiger partial charge in [-0.3, -0.25) is 9.59 Å². The first-order valence-corrected chi connectivity index (χ1v) is 7.58. The molecular weight excluding hydrogens is 260 g/mol. The molecule has 0 atom stereocenters. The monoisotopic (exact) mass is 276 g/mol. The Bertz CT molecular complexity index is 524. The summed E-state index contributed by atoms with van der Waals surface area (Å²) in [5.41, 5.74) is 1.56. The van der Waals surface area contributed by atoms with Crippen molar-refractivity contribution in [3.05, 3.63) is 18.2 Å². The van der Waals surface area contributed by atoms with Crippen LogP contribution in [0.15, 0.2) is 23.1 Å². The SMILES string of the molecule is O=C1CSc2ccc(NC(=O)C3CCCC3)cc2N1. The summed E-state index contributed by atoms with van der Waals surface area (Å²) in [6.07, 6.45) is 4.27. The highest BCUT2D eigenvalue weighted by Crippen LogP contribution is 2.34. The minimum atomic E-state index is 0.0109. The molecule has 0 unspecified atom stereocenters. The quantitative estimate of drug-likeness (QED) is 0.873. The Morgan fingerprint density at radius 3 is 2.89 bits per heavy atom. The van der Waals surface area contributed by atoms with E-state index in [0.29, 0.717) is 5.75 Å². The maximum absolute atomic E-state index is 12.0. The number of benzene rings is 1. The second-order valence-corrected chi connectivity index (χ2v) is 6.04. The van der Waals surface area contributed by atoms with Gasteiger partial charge in [0.05, 0.1) is 11.4 Å². The molecule has 1 aromatic carbocycles. The first-order chi connectivity index (χ1) is 9.22. The smallest absolute Gasteiger partial charge is 0.234 e. The van der Waals surface area contributed by atoms with E-state index in [1.165, 1.54) is 11.8 Å². The molecular formula is C14H16N2O2S. The van der Waals surface area contributed by atoms with E-state index < -0.39 is 0 Å². The van der Waals surface area contributed by atoms with E-state index in [1.807, 2.05) is 18.2 Å². The van der Waals surface area contributed by atoms with Crippen LogP contribution >= 0.6 is 11.8 Å². The van der Waals surface area contributed by atoms with Crippen LogP contribution in [-0.2, 0) is 9.59 Å². The molecule has 0 spiro atoms. The van der Waals surface area contributed by atoms with E-state index in [-0.39, 0.29) is 17.7 Å². The highest BCUT2D eigenvalue weighted by Gasteiger charge is 2.23.